The van der Waals surface area contributed by atoms with Gasteiger partial charge in [-0.15, -0.1) is 0 Å². The minimum atomic E-state index is -0.498. The second kappa shape index (κ2) is 18.1. The first-order valence-corrected chi connectivity index (χ1v) is 14.4. The third kappa shape index (κ3) is 11.2. The Balaban J connectivity index is 1.29. The molecule has 0 spiro atoms. The highest BCUT2D eigenvalue weighted by atomic mass is 16.5. The van der Waals surface area contributed by atoms with Crippen LogP contribution in [0.2, 0.25) is 0 Å². The molecule has 0 heterocycles. The zero-order valence-corrected chi connectivity index (χ0v) is 24.7. The first-order valence-electron chi connectivity index (χ1n) is 14.4. The van der Waals surface area contributed by atoms with Crippen LogP contribution >= 0.6 is 0 Å². The van der Waals surface area contributed by atoms with Crippen LogP contribution in [0.1, 0.15) is 73.1 Å². The van der Waals surface area contributed by atoms with Gasteiger partial charge in [-0.3, -0.25) is 0 Å². The summed E-state index contributed by atoms with van der Waals surface area (Å²) in [5.74, 6) is 1.05. The van der Waals surface area contributed by atoms with Crippen LogP contribution in [-0.2, 0) is 9.47 Å². The lowest BCUT2D eigenvalue weighted by Gasteiger charge is -2.11. The fraction of sp³-hybridized carbons (Fsp3) is 0.394. The second-order valence-corrected chi connectivity index (χ2v) is 9.40. The number of esters is 2. The van der Waals surface area contributed by atoms with Gasteiger partial charge in [0.15, 0.2) is 0 Å². The SMILES string of the molecule is CCOC(=O)c1cc(OCCCCCCCCOc2ccc(N=Nc3ccc(OC)cc3)cc2)cc(C(=O)OCC)c1. The maximum Gasteiger partial charge on any atom is 0.338 e. The number of carbonyl (C=O) groups is 2. The van der Waals surface area contributed by atoms with Crippen molar-refractivity contribution in [2.24, 2.45) is 10.2 Å². The van der Waals surface area contributed by atoms with Crippen LogP contribution in [0, 0.1) is 0 Å². The van der Waals surface area contributed by atoms with Crippen LogP contribution in [-0.4, -0.2) is 45.5 Å². The Bertz CT molecular complexity index is 1240. The van der Waals surface area contributed by atoms with E-state index in [4.69, 9.17) is 23.7 Å². The number of hydrogen-bond donors (Lipinski definition) is 0. The van der Waals surface area contributed by atoms with Crippen molar-refractivity contribution >= 4 is 23.3 Å². The van der Waals surface area contributed by atoms with Crippen molar-refractivity contribution in [3.63, 3.8) is 0 Å². The number of hydrogen-bond acceptors (Lipinski definition) is 9. The van der Waals surface area contributed by atoms with Gasteiger partial charge in [-0.05, 0) is 93.4 Å². The summed E-state index contributed by atoms with van der Waals surface area (Å²) in [5.41, 5.74) is 2.05. The molecule has 0 aliphatic carbocycles. The van der Waals surface area contributed by atoms with Gasteiger partial charge in [0, 0.05) is 0 Å². The maximum atomic E-state index is 12.2. The molecule has 0 saturated heterocycles. The Morgan fingerprint density at radius 2 is 1.00 bits per heavy atom. The summed E-state index contributed by atoms with van der Waals surface area (Å²) in [5, 5.41) is 8.50. The molecule has 3 aromatic carbocycles. The molecule has 9 nitrogen and oxygen atoms in total. The summed E-state index contributed by atoms with van der Waals surface area (Å²) in [7, 11) is 1.63. The van der Waals surface area contributed by atoms with E-state index in [2.05, 4.69) is 10.2 Å². The molecule has 0 bridgehead atoms. The first kappa shape index (κ1) is 32.1. The third-order valence-electron chi connectivity index (χ3n) is 6.20. The molecule has 0 aromatic heterocycles. The van der Waals surface area contributed by atoms with Gasteiger partial charge in [0.1, 0.15) is 17.2 Å². The molecule has 0 saturated carbocycles. The van der Waals surface area contributed by atoms with Crippen LogP contribution in [0.4, 0.5) is 11.4 Å². The van der Waals surface area contributed by atoms with Crippen molar-refractivity contribution in [3.8, 4) is 17.2 Å². The van der Waals surface area contributed by atoms with Gasteiger partial charge in [-0.25, -0.2) is 9.59 Å². The standard InChI is InChI=1S/C33H40N2O7/c1-4-39-32(36)25-22-26(33(37)40-5-2)24-31(23-25)42-21-11-9-7-6-8-10-20-41-30-18-14-28(15-19-30)35-34-27-12-16-29(38-3)17-13-27/h12-19,22-24H,4-11,20-21H2,1-3H3. The molecule has 3 rings (SSSR count). The summed E-state index contributed by atoms with van der Waals surface area (Å²) in [6, 6.07) is 19.6. The van der Waals surface area contributed by atoms with Crippen molar-refractivity contribution in [1.29, 1.82) is 0 Å². The normalized spacial score (nSPS) is 10.8. The van der Waals surface area contributed by atoms with E-state index in [1.165, 1.54) is 6.07 Å². The van der Waals surface area contributed by atoms with Gasteiger partial charge >= 0.3 is 11.9 Å². The number of methoxy groups -OCH3 is 1. The lowest BCUT2D eigenvalue weighted by atomic mass is 10.1. The lowest BCUT2D eigenvalue weighted by Crippen LogP contribution is -2.10. The van der Waals surface area contributed by atoms with Crippen molar-refractivity contribution in [1.82, 2.24) is 0 Å². The van der Waals surface area contributed by atoms with E-state index in [0.29, 0.717) is 19.0 Å². The van der Waals surface area contributed by atoms with Crippen LogP contribution in [0.5, 0.6) is 17.2 Å². The summed E-state index contributed by atoms with van der Waals surface area (Å²) in [4.78, 5) is 24.4. The summed E-state index contributed by atoms with van der Waals surface area (Å²) >= 11 is 0. The van der Waals surface area contributed by atoms with E-state index in [0.717, 1.165) is 61.4 Å². The Labute approximate surface area is 247 Å². The van der Waals surface area contributed by atoms with Crippen LogP contribution in [0.3, 0.4) is 0 Å². The molecule has 0 atom stereocenters. The first-order chi connectivity index (χ1) is 20.5. The number of benzene rings is 3. The number of ether oxygens (including phenoxy) is 5. The fourth-order valence-electron chi connectivity index (χ4n) is 4.01. The fourth-order valence-corrected chi connectivity index (χ4v) is 4.01. The molecule has 42 heavy (non-hydrogen) atoms. The van der Waals surface area contributed by atoms with E-state index < -0.39 is 11.9 Å². The second-order valence-electron chi connectivity index (χ2n) is 9.40. The number of azo groups is 1. The van der Waals surface area contributed by atoms with E-state index in [9.17, 15) is 9.59 Å². The van der Waals surface area contributed by atoms with E-state index >= 15 is 0 Å². The van der Waals surface area contributed by atoms with E-state index in [1.54, 1.807) is 33.1 Å². The predicted octanol–water partition coefficient (Wildman–Crippen LogP) is 8.26. The highest BCUT2D eigenvalue weighted by molar-refractivity contribution is 5.96. The maximum absolute atomic E-state index is 12.2. The average molecular weight is 577 g/mol. The lowest BCUT2D eigenvalue weighted by molar-refractivity contribution is 0.0524. The molecular weight excluding hydrogens is 536 g/mol. The smallest absolute Gasteiger partial charge is 0.338 e. The van der Waals surface area contributed by atoms with Gasteiger partial charge in [0.2, 0.25) is 0 Å². The molecule has 0 aliphatic heterocycles. The Hall–Kier alpha value is -4.40. The molecule has 0 N–H and O–H groups in total. The Morgan fingerprint density at radius 3 is 1.45 bits per heavy atom. The Morgan fingerprint density at radius 1 is 0.571 bits per heavy atom. The zero-order valence-electron chi connectivity index (χ0n) is 24.7. The Kier molecular flexibility index (Phi) is 13.9. The minimum Gasteiger partial charge on any atom is -0.497 e. The molecule has 224 valence electrons. The molecule has 0 aliphatic rings. The summed E-state index contributed by atoms with van der Waals surface area (Å²) < 4.78 is 27.0. The summed E-state index contributed by atoms with van der Waals surface area (Å²) in [6.07, 6.45) is 6.16. The number of carbonyl (C=O) groups excluding carboxylic acids is 2. The van der Waals surface area contributed by atoms with E-state index in [1.807, 2.05) is 48.5 Å². The van der Waals surface area contributed by atoms with E-state index in [-0.39, 0.29) is 24.3 Å². The average Bonchev–Trinajstić information content (AvgIpc) is 3.02. The van der Waals surface area contributed by atoms with Crippen LogP contribution in [0.15, 0.2) is 77.0 Å². The monoisotopic (exact) mass is 576 g/mol. The molecule has 9 heteroatoms. The quantitative estimate of drug-likeness (QED) is 0.0852. The molecule has 0 unspecified atom stereocenters. The predicted molar refractivity (Wildman–Crippen MR) is 161 cm³/mol. The molecule has 0 fully saturated rings. The topological polar surface area (TPSA) is 105 Å². The van der Waals surface area contributed by atoms with Gasteiger partial charge in [-0.1, -0.05) is 25.7 Å². The van der Waals surface area contributed by atoms with Crippen molar-refractivity contribution < 1.29 is 33.3 Å². The van der Waals surface area contributed by atoms with Crippen molar-refractivity contribution in [2.45, 2.75) is 52.4 Å². The number of nitrogens with zero attached hydrogens (tertiary/aromatic N) is 2. The van der Waals surface area contributed by atoms with Crippen LogP contribution in [0.25, 0.3) is 0 Å². The van der Waals surface area contributed by atoms with Gasteiger partial charge in [0.25, 0.3) is 0 Å². The third-order valence-corrected chi connectivity index (χ3v) is 6.20. The number of unbranched alkanes of at least 4 members (excludes halogenated alkanes) is 5. The largest absolute Gasteiger partial charge is 0.497 e. The molecule has 0 amide bonds. The zero-order chi connectivity index (χ0) is 30.0. The highest BCUT2D eigenvalue weighted by Crippen LogP contribution is 2.23. The summed E-state index contributed by atoms with van der Waals surface area (Å²) in [6.45, 7) is 5.12. The molecular formula is C33H40N2O7. The van der Waals surface area contributed by atoms with Gasteiger partial charge in [-0.2, -0.15) is 10.2 Å². The van der Waals surface area contributed by atoms with Gasteiger partial charge < -0.3 is 23.7 Å². The number of rotatable bonds is 18. The van der Waals surface area contributed by atoms with Crippen molar-refractivity contribution in [3.05, 3.63) is 77.9 Å². The van der Waals surface area contributed by atoms with Crippen molar-refractivity contribution in [2.75, 3.05) is 33.5 Å². The molecule has 3 aromatic rings. The van der Waals surface area contributed by atoms with Crippen LogP contribution < -0.4 is 14.2 Å². The highest BCUT2D eigenvalue weighted by Gasteiger charge is 2.15. The minimum absolute atomic E-state index is 0.248. The van der Waals surface area contributed by atoms with Gasteiger partial charge in [0.05, 0.1) is 56.0 Å². The molecule has 0 radical (unpaired) electrons.